The largest absolute Gasteiger partial charge is 0.428 e. The Morgan fingerprint density at radius 1 is 1.12 bits per heavy atom. The van der Waals surface area contributed by atoms with Gasteiger partial charge in [-0.1, -0.05) is 12.1 Å². The highest BCUT2D eigenvalue weighted by Gasteiger charge is 2.25. The maximum atomic E-state index is 12.2. The first-order chi connectivity index (χ1) is 8.20. The van der Waals surface area contributed by atoms with Crippen LogP contribution in [0.15, 0.2) is 29.1 Å². The molecule has 0 unspecified atom stereocenters. The molecule has 1 heterocycles. The van der Waals surface area contributed by atoms with Gasteiger partial charge in [0.1, 0.15) is 0 Å². The molecule has 1 aliphatic carbocycles. The van der Waals surface area contributed by atoms with Gasteiger partial charge in [-0.3, -0.25) is 9.59 Å². The number of pyridine rings is 1. The van der Waals surface area contributed by atoms with Gasteiger partial charge in [0.15, 0.2) is 5.78 Å². The van der Waals surface area contributed by atoms with E-state index in [1.54, 1.807) is 24.3 Å². The fourth-order valence-corrected chi connectivity index (χ4v) is 2.43. The minimum Gasteiger partial charge on any atom is -0.428 e. The minimum absolute atomic E-state index is 0.162. The van der Waals surface area contributed by atoms with Crippen molar-refractivity contribution in [2.24, 2.45) is 0 Å². The Kier molecular flexibility index (Phi) is 2.04. The molecule has 0 aliphatic heterocycles. The molecule has 1 aromatic heterocycles. The van der Waals surface area contributed by atoms with Gasteiger partial charge in [0.05, 0.1) is 16.8 Å². The van der Waals surface area contributed by atoms with E-state index in [-0.39, 0.29) is 16.8 Å². The summed E-state index contributed by atoms with van der Waals surface area (Å²) < 4.78 is 0.989. The van der Waals surface area contributed by atoms with Crippen molar-refractivity contribution < 1.29 is 10.0 Å². The molecule has 1 aromatic carbocycles. The first-order valence-electron chi connectivity index (χ1n) is 5.59. The number of benzene rings is 1. The van der Waals surface area contributed by atoms with Crippen LogP contribution in [-0.2, 0) is 6.42 Å². The van der Waals surface area contributed by atoms with E-state index in [0.717, 1.165) is 4.73 Å². The first-order valence-corrected chi connectivity index (χ1v) is 5.59. The Balaban J connectivity index is 2.53. The number of Topliss-reactive ketones (excluding diaryl/α,β-unsaturated/α-hetero) is 1. The number of rotatable bonds is 0. The summed E-state index contributed by atoms with van der Waals surface area (Å²) in [7, 11) is 0. The van der Waals surface area contributed by atoms with Gasteiger partial charge in [-0.25, -0.2) is 0 Å². The van der Waals surface area contributed by atoms with Crippen molar-refractivity contribution in [1.29, 1.82) is 0 Å². The minimum atomic E-state index is -0.259. The quantitative estimate of drug-likeness (QED) is 0.700. The predicted octanol–water partition coefficient (Wildman–Crippen LogP) is 1.76. The molecule has 0 amide bonds. The third-order valence-corrected chi connectivity index (χ3v) is 3.24. The highest BCUT2D eigenvalue weighted by molar-refractivity contribution is 6.00. The molecule has 0 saturated carbocycles. The standard InChI is InChI=1S/C13H11NO3/c15-11-7-3-6-10-12(11)13(16)8-4-1-2-5-9(8)14(10)17/h1-2,4-5,17H,3,6-7H2. The van der Waals surface area contributed by atoms with Gasteiger partial charge in [0, 0.05) is 11.8 Å². The van der Waals surface area contributed by atoms with Crippen molar-refractivity contribution in [3.63, 3.8) is 0 Å². The number of ketones is 1. The molecule has 1 aliphatic rings. The van der Waals surface area contributed by atoms with Crippen molar-refractivity contribution >= 4 is 16.7 Å². The number of carbonyl (C=O) groups is 1. The Bertz CT molecular complexity index is 685. The Morgan fingerprint density at radius 2 is 1.88 bits per heavy atom. The average molecular weight is 229 g/mol. The lowest BCUT2D eigenvalue weighted by atomic mass is 9.93. The van der Waals surface area contributed by atoms with E-state index >= 15 is 0 Å². The van der Waals surface area contributed by atoms with Crippen LogP contribution >= 0.6 is 0 Å². The van der Waals surface area contributed by atoms with Gasteiger partial charge < -0.3 is 5.21 Å². The maximum Gasteiger partial charge on any atom is 0.200 e. The average Bonchev–Trinajstić information content (AvgIpc) is 2.36. The number of fused-ring (bicyclic) bond motifs is 2. The monoisotopic (exact) mass is 229 g/mol. The lowest BCUT2D eigenvalue weighted by molar-refractivity contribution is 0.0959. The summed E-state index contributed by atoms with van der Waals surface area (Å²) in [6.07, 6.45) is 1.64. The number of hydrogen-bond donors (Lipinski definition) is 1. The van der Waals surface area contributed by atoms with Crippen molar-refractivity contribution in [1.82, 2.24) is 4.73 Å². The summed E-state index contributed by atoms with van der Waals surface area (Å²) in [5.41, 5.74) is 0.818. The fourth-order valence-electron chi connectivity index (χ4n) is 2.43. The summed E-state index contributed by atoms with van der Waals surface area (Å²) in [6.45, 7) is 0. The Morgan fingerprint density at radius 3 is 2.71 bits per heavy atom. The molecule has 0 atom stereocenters. The molecule has 86 valence electrons. The smallest absolute Gasteiger partial charge is 0.200 e. The zero-order valence-corrected chi connectivity index (χ0v) is 9.14. The Hall–Kier alpha value is -2.10. The van der Waals surface area contributed by atoms with Crippen LogP contribution in [0.5, 0.6) is 0 Å². The molecule has 2 aromatic rings. The summed E-state index contributed by atoms with van der Waals surface area (Å²) >= 11 is 0. The van der Waals surface area contributed by atoms with Crippen molar-refractivity contribution in [2.75, 3.05) is 0 Å². The van der Waals surface area contributed by atoms with Crippen LogP contribution in [0, 0.1) is 0 Å². The van der Waals surface area contributed by atoms with E-state index in [1.165, 1.54) is 0 Å². The molecule has 0 fully saturated rings. The molecular formula is C13H11NO3. The van der Waals surface area contributed by atoms with E-state index < -0.39 is 0 Å². The summed E-state index contributed by atoms with van der Waals surface area (Å²) in [5, 5.41) is 10.5. The van der Waals surface area contributed by atoms with Crippen molar-refractivity contribution in [2.45, 2.75) is 19.3 Å². The van der Waals surface area contributed by atoms with Crippen LogP contribution in [0.4, 0.5) is 0 Å². The molecule has 0 bridgehead atoms. The maximum absolute atomic E-state index is 12.2. The normalized spacial score (nSPS) is 14.9. The van der Waals surface area contributed by atoms with Crippen LogP contribution in [0.3, 0.4) is 0 Å². The lowest BCUT2D eigenvalue weighted by Gasteiger charge is -2.18. The van der Waals surface area contributed by atoms with E-state index in [9.17, 15) is 14.8 Å². The van der Waals surface area contributed by atoms with Crippen molar-refractivity contribution in [3.8, 4) is 0 Å². The number of hydrogen-bond acceptors (Lipinski definition) is 3. The van der Waals surface area contributed by atoms with Gasteiger partial charge in [-0.2, -0.15) is 4.73 Å². The summed E-state index contributed by atoms with van der Waals surface area (Å²) in [6, 6.07) is 6.79. The molecule has 0 spiro atoms. The summed E-state index contributed by atoms with van der Waals surface area (Å²) in [4.78, 5) is 24.0. The van der Waals surface area contributed by atoms with Gasteiger partial charge in [-0.05, 0) is 25.0 Å². The topological polar surface area (TPSA) is 59.3 Å². The highest BCUT2D eigenvalue weighted by atomic mass is 16.5. The second-order valence-corrected chi connectivity index (χ2v) is 4.26. The molecule has 0 radical (unpaired) electrons. The molecule has 4 heteroatoms. The van der Waals surface area contributed by atoms with Crippen LogP contribution in [0.1, 0.15) is 28.9 Å². The number of carbonyl (C=O) groups excluding carboxylic acids is 1. The Labute approximate surface area is 97.1 Å². The van der Waals surface area contributed by atoms with E-state index in [4.69, 9.17) is 0 Å². The number of nitrogens with zero attached hydrogens (tertiary/aromatic N) is 1. The second kappa shape index (κ2) is 3.45. The zero-order chi connectivity index (χ0) is 12.0. The third kappa shape index (κ3) is 1.30. The number of aromatic nitrogens is 1. The van der Waals surface area contributed by atoms with Gasteiger partial charge in [0.25, 0.3) is 0 Å². The van der Waals surface area contributed by atoms with Crippen molar-refractivity contribution in [3.05, 3.63) is 45.7 Å². The van der Waals surface area contributed by atoms with Crippen LogP contribution in [-0.4, -0.2) is 15.7 Å². The van der Waals surface area contributed by atoms with Gasteiger partial charge in [0.2, 0.25) is 5.43 Å². The molecule has 0 saturated heterocycles. The summed E-state index contributed by atoms with van der Waals surface area (Å²) in [5.74, 6) is -0.162. The SMILES string of the molecule is O=C1CCCc2c1c(=O)c1ccccc1n2O. The lowest BCUT2D eigenvalue weighted by Crippen LogP contribution is -2.26. The second-order valence-electron chi connectivity index (χ2n) is 4.26. The molecular weight excluding hydrogens is 218 g/mol. The van der Waals surface area contributed by atoms with Crippen LogP contribution in [0.2, 0.25) is 0 Å². The molecule has 3 rings (SSSR count). The first kappa shape index (κ1) is 10.1. The molecule has 4 nitrogen and oxygen atoms in total. The number of para-hydroxylation sites is 1. The zero-order valence-electron chi connectivity index (χ0n) is 9.14. The van der Waals surface area contributed by atoms with E-state index in [2.05, 4.69) is 0 Å². The van der Waals surface area contributed by atoms with Gasteiger partial charge >= 0.3 is 0 Å². The van der Waals surface area contributed by atoms with Crippen LogP contribution < -0.4 is 5.43 Å². The molecule has 1 N–H and O–H groups in total. The van der Waals surface area contributed by atoms with E-state index in [0.29, 0.717) is 35.9 Å². The van der Waals surface area contributed by atoms with Crippen LogP contribution in [0.25, 0.3) is 10.9 Å². The predicted molar refractivity (Wildman–Crippen MR) is 62.7 cm³/mol. The van der Waals surface area contributed by atoms with E-state index in [1.807, 2.05) is 0 Å². The molecule has 17 heavy (non-hydrogen) atoms. The highest BCUT2D eigenvalue weighted by Crippen LogP contribution is 2.22. The fraction of sp³-hybridized carbons (Fsp3) is 0.231. The third-order valence-electron chi connectivity index (χ3n) is 3.24. The van der Waals surface area contributed by atoms with Gasteiger partial charge in [-0.15, -0.1) is 0 Å².